The van der Waals surface area contributed by atoms with Crippen LogP contribution in [0.3, 0.4) is 0 Å². The highest BCUT2D eigenvalue weighted by molar-refractivity contribution is 9.10. The summed E-state index contributed by atoms with van der Waals surface area (Å²) in [6.07, 6.45) is 0.972. The van der Waals surface area contributed by atoms with Crippen molar-refractivity contribution in [3.8, 4) is 0 Å². The van der Waals surface area contributed by atoms with Gasteiger partial charge in [0.2, 0.25) is 0 Å². The van der Waals surface area contributed by atoms with Crippen LogP contribution in [0.5, 0.6) is 0 Å². The molecule has 0 fully saturated rings. The second-order valence-corrected chi connectivity index (χ2v) is 7.11. The van der Waals surface area contributed by atoms with Crippen molar-refractivity contribution in [3.63, 3.8) is 0 Å². The first-order valence-electron chi connectivity index (χ1n) is 6.84. The van der Waals surface area contributed by atoms with Gasteiger partial charge in [0.25, 0.3) is 0 Å². The molecule has 2 unspecified atom stereocenters. The molecule has 0 amide bonds. The van der Waals surface area contributed by atoms with E-state index < -0.39 is 0 Å². The lowest BCUT2D eigenvalue weighted by Crippen LogP contribution is -2.25. The summed E-state index contributed by atoms with van der Waals surface area (Å²) in [5.41, 5.74) is 8.91. The molecule has 0 aliphatic carbocycles. The number of halogens is 1. The highest BCUT2D eigenvalue weighted by atomic mass is 79.9. The Kier molecular flexibility index (Phi) is 5.70. The molecule has 2 atom stereocenters. The zero-order valence-corrected chi connectivity index (χ0v) is 14.2. The maximum absolute atomic E-state index is 6.34. The lowest BCUT2D eigenvalue weighted by atomic mass is 10.0. The summed E-state index contributed by atoms with van der Waals surface area (Å²) >= 11 is 5.34. The van der Waals surface area contributed by atoms with Gasteiger partial charge in [0.1, 0.15) is 0 Å². The molecule has 2 aromatic carbocycles. The fourth-order valence-corrected chi connectivity index (χ4v) is 3.73. The molecule has 0 radical (unpaired) electrons. The van der Waals surface area contributed by atoms with Crippen molar-refractivity contribution in [1.29, 1.82) is 0 Å². The number of nitrogens with two attached hydrogens (primary N) is 1. The Bertz CT molecular complexity index is 553. The molecule has 0 bridgehead atoms. The minimum Gasteiger partial charge on any atom is -0.326 e. The SMILES string of the molecule is CCC(N)C(Sc1cccc(C)c1)c1ccc(Br)cc1. The molecule has 0 heterocycles. The van der Waals surface area contributed by atoms with E-state index in [0.29, 0.717) is 0 Å². The topological polar surface area (TPSA) is 26.0 Å². The number of hydrogen-bond donors (Lipinski definition) is 1. The van der Waals surface area contributed by atoms with Gasteiger partial charge in [0.05, 0.1) is 0 Å². The zero-order chi connectivity index (χ0) is 14.5. The minimum atomic E-state index is 0.154. The van der Waals surface area contributed by atoms with Crippen molar-refractivity contribution in [2.24, 2.45) is 5.73 Å². The van der Waals surface area contributed by atoms with Gasteiger partial charge in [-0.05, 0) is 43.2 Å². The second kappa shape index (κ2) is 7.30. The quantitative estimate of drug-likeness (QED) is 0.738. The fourth-order valence-electron chi connectivity index (χ4n) is 2.10. The van der Waals surface area contributed by atoms with Crippen molar-refractivity contribution >= 4 is 27.7 Å². The number of aryl methyl sites for hydroxylation is 1. The van der Waals surface area contributed by atoms with Gasteiger partial charge in [-0.3, -0.25) is 0 Å². The number of benzene rings is 2. The summed E-state index contributed by atoms with van der Waals surface area (Å²) in [4.78, 5) is 1.28. The first kappa shape index (κ1) is 15.6. The molecule has 0 aromatic heterocycles. The number of rotatable bonds is 5. The van der Waals surface area contributed by atoms with E-state index in [0.717, 1.165) is 10.9 Å². The van der Waals surface area contributed by atoms with Crippen LogP contribution < -0.4 is 5.73 Å². The number of thioether (sulfide) groups is 1. The van der Waals surface area contributed by atoms with Gasteiger partial charge in [-0.2, -0.15) is 0 Å². The summed E-state index contributed by atoms with van der Waals surface area (Å²) < 4.78 is 1.10. The third-order valence-corrected chi connectivity index (χ3v) is 5.24. The summed E-state index contributed by atoms with van der Waals surface area (Å²) in [5, 5.41) is 0.287. The first-order valence-corrected chi connectivity index (χ1v) is 8.51. The van der Waals surface area contributed by atoms with E-state index in [1.165, 1.54) is 16.0 Å². The Balaban J connectivity index is 2.26. The molecule has 0 aliphatic rings. The van der Waals surface area contributed by atoms with Crippen LogP contribution in [0.25, 0.3) is 0 Å². The van der Waals surface area contributed by atoms with Crippen LogP contribution in [0.15, 0.2) is 57.9 Å². The molecule has 0 saturated heterocycles. The van der Waals surface area contributed by atoms with Crippen LogP contribution in [0, 0.1) is 6.92 Å². The standard InChI is InChI=1S/C17H20BrNS/c1-3-16(19)17(13-7-9-14(18)10-8-13)20-15-6-4-5-12(2)11-15/h4-11,16-17H,3,19H2,1-2H3. The van der Waals surface area contributed by atoms with Gasteiger partial charge < -0.3 is 5.73 Å². The minimum absolute atomic E-state index is 0.154. The Morgan fingerprint density at radius 1 is 1.15 bits per heavy atom. The van der Waals surface area contributed by atoms with Crippen molar-refractivity contribution in [2.75, 3.05) is 0 Å². The van der Waals surface area contributed by atoms with E-state index in [2.05, 4.69) is 78.3 Å². The third kappa shape index (κ3) is 4.11. The van der Waals surface area contributed by atoms with Crippen LogP contribution in [0.4, 0.5) is 0 Å². The Labute approximate surface area is 134 Å². The summed E-state index contributed by atoms with van der Waals surface area (Å²) in [6, 6.07) is 17.3. The molecule has 2 rings (SSSR count). The van der Waals surface area contributed by atoms with Gasteiger partial charge in [-0.25, -0.2) is 0 Å². The van der Waals surface area contributed by atoms with Crippen LogP contribution in [-0.2, 0) is 0 Å². The molecule has 2 N–H and O–H groups in total. The molecule has 0 spiro atoms. The average Bonchev–Trinajstić information content (AvgIpc) is 2.45. The van der Waals surface area contributed by atoms with Gasteiger partial charge in [0, 0.05) is 20.7 Å². The molecule has 3 heteroatoms. The molecule has 0 saturated carbocycles. The van der Waals surface area contributed by atoms with Crippen molar-refractivity contribution in [2.45, 2.75) is 36.5 Å². The van der Waals surface area contributed by atoms with Crippen molar-refractivity contribution in [3.05, 3.63) is 64.1 Å². The van der Waals surface area contributed by atoms with Gasteiger partial charge in [-0.1, -0.05) is 52.7 Å². The second-order valence-electron chi connectivity index (χ2n) is 4.98. The van der Waals surface area contributed by atoms with E-state index in [-0.39, 0.29) is 11.3 Å². The molecule has 106 valence electrons. The summed E-state index contributed by atoms with van der Waals surface area (Å²) in [5.74, 6) is 0. The van der Waals surface area contributed by atoms with Crippen LogP contribution >= 0.6 is 27.7 Å². The highest BCUT2D eigenvalue weighted by Crippen LogP contribution is 2.38. The maximum atomic E-state index is 6.34. The highest BCUT2D eigenvalue weighted by Gasteiger charge is 2.19. The molecule has 1 nitrogen and oxygen atoms in total. The smallest absolute Gasteiger partial charge is 0.0495 e. The molecule has 2 aromatic rings. The van der Waals surface area contributed by atoms with E-state index in [1.807, 2.05) is 11.8 Å². The molecular formula is C17H20BrNS. The largest absolute Gasteiger partial charge is 0.326 e. The van der Waals surface area contributed by atoms with Crippen LogP contribution in [0.1, 0.15) is 29.7 Å². The lowest BCUT2D eigenvalue weighted by molar-refractivity contribution is 0.634. The van der Waals surface area contributed by atoms with Crippen molar-refractivity contribution < 1.29 is 0 Å². The predicted octanol–water partition coefficient (Wildman–Crippen LogP) is 5.33. The first-order chi connectivity index (χ1) is 9.60. The van der Waals surface area contributed by atoms with Gasteiger partial charge in [0.15, 0.2) is 0 Å². The van der Waals surface area contributed by atoms with Crippen molar-refractivity contribution in [1.82, 2.24) is 0 Å². The van der Waals surface area contributed by atoms with E-state index in [9.17, 15) is 0 Å². The van der Waals surface area contributed by atoms with E-state index in [4.69, 9.17) is 5.73 Å². The molecular weight excluding hydrogens is 330 g/mol. The van der Waals surface area contributed by atoms with Crippen LogP contribution in [-0.4, -0.2) is 6.04 Å². The maximum Gasteiger partial charge on any atom is 0.0495 e. The average molecular weight is 350 g/mol. The molecule has 0 aliphatic heterocycles. The lowest BCUT2D eigenvalue weighted by Gasteiger charge is -2.23. The van der Waals surface area contributed by atoms with E-state index >= 15 is 0 Å². The van der Waals surface area contributed by atoms with Gasteiger partial charge >= 0.3 is 0 Å². The monoisotopic (exact) mass is 349 g/mol. The number of hydrogen-bond acceptors (Lipinski definition) is 2. The molecule has 20 heavy (non-hydrogen) atoms. The Morgan fingerprint density at radius 2 is 1.85 bits per heavy atom. The normalized spacial score (nSPS) is 14.0. The van der Waals surface area contributed by atoms with E-state index in [1.54, 1.807) is 0 Å². The van der Waals surface area contributed by atoms with Gasteiger partial charge in [-0.15, -0.1) is 11.8 Å². The summed E-state index contributed by atoms with van der Waals surface area (Å²) in [7, 11) is 0. The predicted molar refractivity (Wildman–Crippen MR) is 92.2 cm³/mol. The Morgan fingerprint density at radius 3 is 2.45 bits per heavy atom. The fraction of sp³-hybridized carbons (Fsp3) is 0.294. The van der Waals surface area contributed by atoms with Crippen LogP contribution in [0.2, 0.25) is 0 Å². The Hall–Kier alpha value is -0.770. The zero-order valence-electron chi connectivity index (χ0n) is 11.8. The summed E-state index contributed by atoms with van der Waals surface area (Å²) in [6.45, 7) is 4.27. The third-order valence-electron chi connectivity index (χ3n) is 3.31.